The van der Waals surface area contributed by atoms with Gasteiger partial charge in [0.2, 0.25) is 11.8 Å². The molecule has 2 aliphatic rings. The molecule has 2 amide bonds. The van der Waals surface area contributed by atoms with E-state index in [0.29, 0.717) is 38.7 Å². The number of carbonyl (C=O) groups excluding carboxylic acids is 2. The van der Waals surface area contributed by atoms with Crippen LogP contribution in [0.1, 0.15) is 33.1 Å². The van der Waals surface area contributed by atoms with Gasteiger partial charge in [-0.05, 0) is 32.1 Å². The van der Waals surface area contributed by atoms with E-state index >= 15 is 0 Å². The van der Waals surface area contributed by atoms with Crippen molar-refractivity contribution in [2.24, 2.45) is 5.92 Å². The molecular weight excluding hydrogens is 272 g/mol. The first-order valence-corrected chi connectivity index (χ1v) is 7.73. The standard InChI is InChI=1S/C15H26N2O4/c1-4-15(2)14(19)17(7-8-21-10-9-20-3)12(11-5-6-11)13(18)16-15/h11-12H,4-10H2,1-3H3,(H,16,18). The molecular formula is C15H26N2O4. The fourth-order valence-corrected chi connectivity index (χ4v) is 2.75. The fourth-order valence-electron chi connectivity index (χ4n) is 2.75. The SMILES string of the molecule is CCC1(C)NC(=O)C(C2CC2)N(CCOCCOC)C1=O. The quantitative estimate of drug-likeness (QED) is 0.665. The maximum atomic E-state index is 12.7. The molecule has 2 atom stereocenters. The number of ether oxygens (including phenoxy) is 2. The van der Waals surface area contributed by atoms with Gasteiger partial charge >= 0.3 is 0 Å². The average molecular weight is 298 g/mol. The van der Waals surface area contributed by atoms with Crippen molar-refractivity contribution in [1.29, 1.82) is 0 Å². The van der Waals surface area contributed by atoms with E-state index in [1.807, 2.05) is 6.92 Å². The minimum Gasteiger partial charge on any atom is -0.382 e. The number of piperazine rings is 1. The summed E-state index contributed by atoms with van der Waals surface area (Å²) in [4.78, 5) is 26.8. The Balaban J connectivity index is 2.00. The number of hydrogen-bond acceptors (Lipinski definition) is 4. The van der Waals surface area contributed by atoms with Gasteiger partial charge in [0.1, 0.15) is 11.6 Å². The third-order valence-corrected chi connectivity index (χ3v) is 4.42. The lowest BCUT2D eigenvalue weighted by Crippen LogP contribution is -2.69. The minimum absolute atomic E-state index is 0.0110. The van der Waals surface area contributed by atoms with E-state index in [0.717, 1.165) is 12.8 Å². The topological polar surface area (TPSA) is 67.9 Å². The lowest BCUT2D eigenvalue weighted by atomic mass is 9.90. The Hall–Kier alpha value is -1.14. The van der Waals surface area contributed by atoms with Crippen LogP contribution in [0.25, 0.3) is 0 Å². The summed E-state index contributed by atoms with van der Waals surface area (Å²) >= 11 is 0. The molecule has 120 valence electrons. The summed E-state index contributed by atoms with van der Waals surface area (Å²) in [5, 5.41) is 2.91. The van der Waals surface area contributed by atoms with Gasteiger partial charge in [0.15, 0.2) is 0 Å². The molecule has 21 heavy (non-hydrogen) atoms. The largest absolute Gasteiger partial charge is 0.382 e. The van der Waals surface area contributed by atoms with Crippen LogP contribution in [0.5, 0.6) is 0 Å². The van der Waals surface area contributed by atoms with Gasteiger partial charge in [-0.2, -0.15) is 0 Å². The molecule has 2 rings (SSSR count). The van der Waals surface area contributed by atoms with Crippen LogP contribution in [0.4, 0.5) is 0 Å². The van der Waals surface area contributed by atoms with Crippen LogP contribution in [0, 0.1) is 5.92 Å². The van der Waals surface area contributed by atoms with Crippen molar-refractivity contribution >= 4 is 11.8 Å². The van der Waals surface area contributed by atoms with E-state index in [1.54, 1.807) is 18.9 Å². The minimum atomic E-state index is -0.783. The second-order valence-electron chi connectivity index (χ2n) is 6.06. The Bertz CT molecular complexity index is 397. The molecule has 0 aromatic heterocycles. The first-order valence-electron chi connectivity index (χ1n) is 7.73. The summed E-state index contributed by atoms with van der Waals surface area (Å²) < 4.78 is 10.4. The van der Waals surface area contributed by atoms with E-state index in [4.69, 9.17) is 9.47 Å². The zero-order chi connectivity index (χ0) is 15.5. The Kier molecular flexibility index (Phi) is 5.22. The molecule has 0 bridgehead atoms. The molecule has 0 aromatic carbocycles. The first-order chi connectivity index (χ1) is 10.0. The Morgan fingerprint density at radius 2 is 2.00 bits per heavy atom. The molecule has 6 nitrogen and oxygen atoms in total. The Morgan fingerprint density at radius 3 is 2.57 bits per heavy atom. The van der Waals surface area contributed by atoms with Crippen molar-refractivity contribution < 1.29 is 19.1 Å². The number of hydrogen-bond donors (Lipinski definition) is 1. The summed E-state index contributed by atoms with van der Waals surface area (Å²) in [6.07, 6.45) is 2.64. The normalized spacial score (nSPS) is 29.7. The highest BCUT2D eigenvalue weighted by atomic mass is 16.5. The maximum Gasteiger partial charge on any atom is 0.248 e. The fraction of sp³-hybridized carbons (Fsp3) is 0.867. The molecule has 0 spiro atoms. The summed E-state index contributed by atoms with van der Waals surface area (Å²) in [7, 11) is 1.62. The van der Waals surface area contributed by atoms with Crippen molar-refractivity contribution in [3.63, 3.8) is 0 Å². The van der Waals surface area contributed by atoms with Crippen molar-refractivity contribution in [2.75, 3.05) is 33.5 Å². The van der Waals surface area contributed by atoms with Crippen LogP contribution in [-0.4, -0.2) is 61.8 Å². The zero-order valence-corrected chi connectivity index (χ0v) is 13.2. The van der Waals surface area contributed by atoms with Gasteiger partial charge in [0.05, 0.1) is 19.8 Å². The van der Waals surface area contributed by atoms with Gasteiger partial charge in [0, 0.05) is 13.7 Å². The van der Waals surface area contributed by atoms with Gasteiger partial charge < -0.3 is 19.7 Å². The third kappa shape index (κ3) is 3.55. The van der Waals surface area contributed by atoms with Crippen LogP contribution in [0.15, 0.2) is 0 Å². The monoisotopic (exact) mass is 298 g/mol. The van der Waals surface area contributed by atoms with Gasteiger partial charge in [-0.25, -0.2) is 0 Å². The smallest absolute Gasteiger partial charge is 0.248 e. The van der Waals surface area contributed by atoms with E-state index in [9.17, 15) is 9.59 Å². The number of rotatable bonds is 8. The highest BCUT2D eigenvalue weighted by Gasteiger charge is 2.51. The second-order valence-corrected chi connectivity index (χ2v) is 6.06. The lowest BCUT2D eigenvalue weighted by Gasteiger charge is -2.44. The summed E-state index contributed by atoms with van der Waals surface area (Å²) in [5.74, 6) is 0.310. The van der Waals surface area contributed by atoms with Crippen molar-refractivity contribution in [3.8, 4) is 0 Å². The van der Waals surface area contributed by atoms with E-state index in [2.05, 4.69) is 5.32 Å². The van der Waals surface area contributed by atoms with Gasteiger partial charge in [-0.15, -0.1) is 0 Å². The van der Waals surface area contributed by atoms with Crippen LogP contribution >= 0.6 is 0 Å². The molecule has 2 unspecified atom stereocenters. The number of methoxy groups -OCH3 is 1. The van der Waals surface area contributed by atoms with Gasteiger partial charge in [0.25, 0.3) is 0 Å². The predicted octanol–water partition coefficient (Wildman–Crippen LogP) is 0.555. The number of amides is 2. The highest BCUT2D eigenvalue weighted by molar-refractivity contribution is 5.99. The molecule has 6 heteroatoms. The molecule has 0 aromatic rings. The average Bonchev–Trinajstić information content (AvgIpc) is 3.28. The number of nitrogens with one attached hydrogen (secondary N) is 1. The first kappa shape index (κ1) is 16.2. The van der Waals surface area contributed by atoms with Crippen LogP contribution < -0.4 is 5.32 Å². The zero-order valence-electron chi connectivity index (χ0n) is 13.2. The summed E-state index contributed by atoms with van der Waals surface area (Å²) in [6.45, 7) is 5.66. The molecule has 1 aliphatic carbocycles. The van der Waals surface area contributed by atoms with Gasteiger partial charge in [-0.1, -0.05) is 6.92 Å². The van der Waals surface area contributed by atoms with Crippen molar-refractivity contribution in [3.05, 3.63) is 0 Å². The molecule has 1 saturated heterocycles. The van der Waals surface area contributed by atoms with Crippen LogP contribution in [0.3, 0.4) is 0 Å². The molecule has 1 saturated carbocycles. The van der Waals surface area contributed by atoms with E-state index in [1.165, 1.54) is 0 Å². The Labute approximate surface area is 126 Å². The van der Waals surface area contributed by atoms with Crippen molar-refractivity contribution in [2.45, 2.75) is 44.7 Å². The number of carbonyl (C=O) groups is 2. The summed E-state index contributed by atoms with van der Waals surface area (Å²) in [5.41, 5.74) is -0.783. The molecule has 0 radical (unpaired) electrons. The van der Waals surface area contributed by atoms with Gasteiger partial charge in [-0.3, -0.25) is 9.59 Å². The predicted molar refractivity (Wildman–Crippen MR) is 77.8 cm³/mol. The van der Waals surface area contributed by atoms with E-state index in [-0.39, 0.29) is 17.9 Å². The van der Waals surface area contributed by atoms with Crippen LogP contribution in [-0.2, 0) is 19.1 Å². The van der Waals surface area contributed by atoms with Crippen molar-refractivity contribution in [1.82, 2.24) is 10.2 Å². The maximum absolute atomic E-state index is 12.7. The van der Waals surface area contributed by atoms with E-state index < -0.39 is 5.54 Å². The van der Waals surface area contributed by atoms with Crippen LogP contribution in [0.2, 0.25) is 0 Å². The third-order valence-electron chi connectivity index (χ3n) is 4.42. The Morgan fingerprint density at radius 1 is 1.29 bits per heavy atom. The summed E-state index contributed by atoms with van der Waals surface area (Å²) in [6, 6.07) is -0.317. The molecule has 1 aliphatic heterocycles. The highest BCUT2D eigenvalue weighted by Crippen LogP contribution is 2.38. The molecule has 2 fully saturated rings. The molecule has 1 heterocycles. The lowest BCUT2D eigenvalue weighted by molar-refractivity contribution is -0.156. The molecule has 1 N–H and O–H groups in total. The number of nitrogens with zero attached hydrogens (tertiary/aromatic N) is 1. The second kappa shape index (κ2) is 6.75.